The Kier molecular flexibility index (Phi) is 3.82. The summed E-state index contributed by atoms with van der Waals surface area (Å²) in [5.41, 5.74) is 1.47. The predicted octanol–water partition coefficient (Wildman–Crippen LogP) is 3.02. The number of benzene rings is 1. The number of rotatable bonds is 3. The van der Waals surface area contributed by atoms with Gasteiger partial charge in [-0.25, -0.2) is 4.79 Å². The van der Waals surface area contributed by atoms with Crippen LogP contribution in [-0.2, 0) is 0 Å². The van der Waals surface area contributed by atoms with Gasteiger partial charge in [0.25, 0.3) is 0 Å². The van der Waals surface area contributed by atoms with Gasteiger partial charge in [-0.3, -0.25) is 4.98 Å². The lowest BCUT2D eigenvalue weighted by Gasteiger charge is -2.18. The highest BCUT2D eigenvalue weighted by Gasteiger charge is 2.25. The number of carboxylic acid groups (broad SMARTS) is 1. The second-order valence-corrected chi connectivity index (χ2v) is 6.24. The number of hydrogen-bond acceptors (Lipinski definition) is 4. The van der Waals surface area contributed by atoms with E-state index in [-0.39, 0.29) is 17.7 Å². The standard InChI is InChI=1S/C15H15BrN2O3/c16-8-1-4-13-11(5-8)14(12(7-17-13)15(20)21)18-9-2-3-10(19)6-9/h1,4-5,7,9-10,19H,2-3,6H2,(H,17,18)(H,20,21)/t9-,10+/m0/s1. The molecule has 0 spiro atoms. The van der Waals surface area contributed by atoms with Crippen LogP contribution >= 0.6 is 15.9 Å². The highest BCUT2D eigenvalue weighted by molar-refractivity contribution is 9.10. The zero-order chi connectivity index (χ0) is 15.0. The van der Waals surface area contributed by atoms with E-state index in [0.29, 0.717) is 12.1 Å². The first-order valence-corrected chi connectivity index (χ1v) is 7.60. The van der Waals surface area contributed by atoms with Gasteiger partial charge in [0.15, 0.2) is 0 Å². The minimum atomic E-state index is -1.01. The van der Waals surface area contributed by atoms with Gasteiger partial charge in [0.05, 0.1) is 17.3 Å². The molecule has 1 saturated carbocycles. The van der Waals surface area contributed by atoms with Crippen LogP contribution in [0.5, 0.6) is 0 Å². The Morgan fingerprint density at radius 3 is 2.86 bits per heavy atom. The van der Waals surface area contributed by atoms with E-state index in [4.69, 9.17) is 0 Å². The normalized spacial score (nSPS) is 21.6. The number of pyridine rings is 1. The van der Waals surface area contributed by atoms with E-state index < -0.39 is 5.97 Å². The van der Waals surface area contributed by atoms with Crippen LogP contribution in [0.1, 0.15) is 29.6 Å². The Bertz CT molecular complexity index is 705. The van der Waals surface area contributed by atoms with Crippen molar-refractivity contribution in [2.45, 2.75) is 31.4 Å². The van der Waals surface area contributed by atoms with E-state index in [0.717, 1.165) is 28.2 Å². The summed E-state index contributed by atoms with van der Waals surface area (Å²) in [7, 11) is 0. The smallest absolute Gasteiger partial charge is 0.339 e. The van der Waals surface area contributed by atoms with E-state index in [1.165, 1.54) is 6.20 Å². The van der Waals surface area contributed by atoms with Gasteiger partial charge >= 0.3 is 5.97 Å². The second-order valence-electron chi connectivity index (χ2n) is 5.32. The third kappa shape index (κ3) is 2.87. The fraction of sp³-hybridized carbons (Fsp3) is 0.333. The second kappa shape index (κ2) is 5.61. The molecule has 0 radical (unpaired) electrons. The maximum Gasteiger partial charge on any atom is 0.339 e. The van der Waals surface area contributed by atoms with Crippen molar-refractivity contribution in [1.29, 1.82) is 0 Å². The molecule has 0 bridgehead atoms. The number of fused-ring (bicyclic) bond motifs is 1. The SMILES string of the molecule is O=C(O)c1cnc2ccc(Br)cc2c1N[C@H]1CC[C@@H](O)C1. The Balaban J connectivity index is 2.09. The molecule has 0 unspecified atom stereocenters. The molecule has 6 heteroatoms. The molecule has 1 aliphatic carbocycles. The van der Waals surface area contributed by atoms with E-state index in [2.05, 4.69) is 26.2 Å². The molecule has 0 aliphatic heterocycles. The van der Waals surface area contributed by atoms with E-state index >= 15 is 0 Å². The van der Waals surface area contributed by atoms with Crippen LogP contribution in [0.15, 0.2) is 28.9 Å². The molecular weight excluding hydrogens is 336 g/mol. The highest BCUT2D eigenvalue weighted by Crippen LogP contribution is 2.31. The molecule has 110 valence electrons. The first-order chi connectivity index (χ1) is 10.0. The summed E-state index contributed by atoms with van der Waals surface area (Å²) in [6.45, 7) is 0. The molecule has 5 nitrogen and oxygen atoms in total. The number of carbonyl (C=O) groups is 1. The number of aromatic carboxylic acids is 1. The topological polar surface area (TPSA) is 82.5 Å². The molecule has 1 aromatic carbocycles. The molecule has 1 aliphatic rings. The molecule has 1 aromatic heterocycles. The van der Waals surface area contributed by atoms with Crippen LogP contribution in [-0.4, -0.2) is 33.3 Å². The van der Waals surface area contributed by atoms with Gasteiger partial charge in [0, 0.05) is 22.1 Å². The molecule has 0 saturated heterocycles. The van der Waals surface area contributed by atoms with Crippen LogP contribution < -0.4 is 5.32 Å². The number of anilines is 1. The number of aromatic nitrogens is 1. The molecule has 2 atom stereocenters. The average molecular weight is 351 g/mol. The fourth-order valence-electron chi connectivity index (χ4n) is 2.78. The monoisotopic (exact) mass is 350 g/mol. The van der Waals surface area contributed by atoms with Crippen molar-refractivity contribution in [3.8, 4) is 0 Å². The van der Waals surface area contributed by atoms with E-state index in [1.807, 2.05) is 18.2 Å². The Labute approximate surface area is 130 Å². The van der Waals surface area contributed by atoms with Gasteiger partial charge in [0.2, 0.25) is 0 Å². The molecule has 0 amide bonds. The van der Waals surface area contributed by atoms with Gasteiger partial charge in [0.1, 0.15) is 5.56 Å². The third-order valence-corrected chi connectivity index (χ3v) is 4.31. The number of nitrogens with zero attached hydrogens (tertiary/aromatic N) is 1. The van der Waals surface area contributed by atoms with Crippen molar-refractivity contribution in [3.63, 3.8) is 0 Å². The molecular formula is C15H15BrN2O3. The summed E-state index contributed by atoms with van der Waals surface area (Å²) in [5, 5.41) is 23.1. The van der Waals surface area contributed by atoms with Crippen molar-refractivity contribution in [3.05, 3.63) is 34.4 Å². The summed E-state index contributed by atoms with van der Waals surface area (Å²) in [6.07, 6.45) is 3.28. The van der Waals surface area contributed by atoms with Crippen LogP contribution in [0.3, 0.4) is 0 Å². The zero-order valence-corrected chi connectivity index (χ0v) is 12.8. The van der Waals surface area contributed by atoms with E-state index in [9.17, 15) is 15.0 Å². The minimum absolute atomic E-state index is 0.0858. The quantitative estimate of drug-likeness (QED) is 0.792. The first kappa shape index (κ1) is 14.3. The Morgan fingerprint density at radius 1 is 1.38 bits per heavy atom. The molecule has 1 heterocycles. The van der Waals surface area contributed by atoms with Crippen molar-refractivity contribution in [1.82, 2.24) is 4.98 Å². The van der Waals surface area contributed by atoms with Crippen molar-refractivity contribution < 1.29 is 15.0 Å². The Morgan fingerprint density at radius 2 is 2.19 bits per heavy atom. The summed E-state index contributed by atoms with van der Waals surface area (Å²) in [6, 6.07) is 5.67. The number of hydrogen-bond donors (Lipinski definition) is 3. The number of halogens is 1. The van der Waals surface area contributed by atoms with Gasteiger partial charge in [-0.15, -0.1) is 0 Å². The lowest BCUT2D eigenvalue weighted by atomic mass is 10.1. The van der Waals surface area contributed by atoms with Crippen LogP contribution in [0.2, 0.25) is 0 Å². The lowest BCUT2D eigenvalue weighted by Crippen LogP contribution is -2.19. The van der Waals surface area contributed by atoms with Crippen molar-refractivity contribution in [2.75, 3.05) is 5.32 Å². The van der Waals surface area contributed by atoms with Gasteiger partial charge in [-0.1, -0.05) is 15.9 Å². The van der Waals surface area contributed by atoms with Gasteiger partial charge in [-0.05, 0) is 37.5 Å². The molecule has 2 aromatic rings. The predicted molar refractivity (Wildman–Crippen MR) is 83.7 cm³/mol. The third-order valence-electron chi connectivity index (χ3n) is 3.81. The number of nitrogens with one attached hydrogen (secondary N) is 1. The molecule has 1 fully saturated rings. The van der Waals surface area contributed by atoms with Crippen molar-refractivity contribution >= 4 is 38.5 Å². The van der Waals surface area contributed by atoms with E-state index in [1.54, 1.807) is 0 Å². The molecule has 3 rings (SSSR count). The largest absolute Gasteiger partial charge is 0.478 e. The summed E-state index contributed by atoms with van der Waals surface area (Å²) >= 11 is 3.41. The Hall–Kier alpha value is -1.66. The lowest BCUT2D eigenvalue weighted by molar-refractivity contribution is 0.0697. The number of carboxylic acids is 1. The number of aliphatic hydroxyl groups is 1. The van der Waals surface area contributed by atoms with Crippen molar-refractivity contribution in [2.24, 2.45) is 0 Å². The molecule has 21 heavy (non-hydrogen) atoms. The zero-order valence-electron chi connectivity index (χ0n) is 11.2. The first-order valence-electron chi connectivity index (χ1n) is 6.81. The summed E-state index contributed by atoms with van der Waals surface area (Å²) < 4.78 is 0.869. The highest BCUT2D eigenvalue weighted by atomic mass is 79.9. The summed E-state index contributed by atoms with van der Waals surface area (Å²) in [5.74, 6) is -1.01. The average Bonchev–Trinajstić information content (AvgIpc) is 2.84. The van der Waals surface area contributed by atoms with Gasteiger partial charge < -0.3 is 15.5 Å². The fourth-order valence-corrected chi connectivity index (χ4v) is 3.14. The molecule has 3 N–H and O–H groups in total. The van der Waals surface area contributed by atoms with Gasteiger partial charge in [-0.2, -0.15) is 0 Å². The van der Waals surface area contributed by atoms with Crippen LogP contribution in [0.25, 0.3) is 10.9 Å². The maximum atomic E-state index is 11.4. The maximum absolute atomic E-state index is 11.4. The van der Waals surface area contributed by atoms with Crippen LogP contribution in [0, 0.1) is 0 Å². The summed E-state index contributed by atoms with van der Waals surface area (Å²) in [4.78, 5) is 15.7. The van der Waals surface area contributed by atoms with Crippen LogP contribution in [0.4, 0.5) is 5.69 Å². The number of aliphatic hydroxyl groups excluding tert-OH is 1. The minimum Gasteiger partial charge on any atom is -0.478 e.